The molecule has 0 spiro atoms. The molecule has 1 unspecified atom stereocenters. The SMILES string of the molecule is COC(=O)C(CO)NC=O.Cc1ccccn1. The smallest absolute Gasteiger partial charge is 0.330 e. The summed E-state index contributed by atoms with van der Waals surface area (Å²) in [7, 11) is 1.18. The summed E-state index contributed by atoms with van der Waals surface area (Å²) in [6, 6.07) is 4.91. The first-order valence-corrected chi connectivity index (χ1v) is 4.91. The van der Waals surface area contributed by atoms with Crippen molar-refractivity contribution in [3.63, 3.8) is 0 Å². The number of carbonyl (C=O) groups excluding carboxylic acids is 2. The van der Waals surface area contributed by atoms with Crippen LogP contribution < -0.4 is 5.32 Å². The largest absolute Gasteiger partial charge is 0.467 e. The molecular formula is C11H16N2O4. The molecule has 1 aromatic rings. The van der Waals surface area contributed by atoms with Crippen molar-refractivity contribution in [2.75, 3.05) is 13.7 Å². The van der Waals surface area contributed by atoms with Gasteiger partial charge in [-0.2, -0.15) is 0 Å². The van der Waals surface area contributed by atoms with Crippen LogP contribution in [0.4, 0.5) is 0 Å². The van der Waals surface area contributed by atoms with Crippen LogP contribution in [-0.2, 0) is 14.3 Å². The van der Waals surface area contributed by atoms with Crippen LogP contribution in [-0.4, -0.2) is 42.2 Å². The van der Waals surface area contributed by atoms with E-state index in [1.165, 1.54) is 7.11 Å². The number of hydrogen-bond donors (Lipinski definition) is 2. The summed E-state index contributed by atoms with van der Waals surface area (Å²) in [6.45, 7) is 1.52. The van der Waals surface area contributed by atoms with E-state index in [4.69, 9.17) is 5.11 Å². The summed E-state index contributed by atoms with van der Waals surface area (Å²) in [5, 5.41) is 10.5. The number of aliphatic hydroxyl groups excluding tert-OH is 1. The molecule has 1 atom stereocenters. The van der Waals surface area contributed by atoms with Gasteiger partial charge in [-0.1, -0.05) is 6.07 Å². The second-order valence-electron chi connectivity index (χ2n) is 3.01. The number of carbonyl (C=O) groups is 2. The van der Waals surface area contributed by atoms with Crippen LogP contribution in [0.25, 0.3) is 0 Å². The van der Waals surface area contributed by atoms with E-state index in [0.717, 1.165) is 5.69 Å². The lowest BCUT2D eigenvalue weighted by molar-refractivity contribution is -0.145. The molecule has 0 fully saturated rings. The van der Waals surface area contributed by atoms with Gasteiger partial charge in [-0.25, -0.2) is 4.79 Å². The quantitative estimate of drug-likeness (QED) is 0.555. The second kappa shape index (κ2) is 9.29. The fourth-order valence-corrected chi connectivity index (χ4v) is 0.868. The van der Waals surface area contributed by atoms with Crippen molar-refractivity contribution in [1.82, 2.24) is 10.3 Å². The van der Waals surface area contributed by atoms with Gasteiger partial charge >= 0.3 is 5.97 Å². The highest BCUT2D eigenvalue weighted by molar-refractivity contribution is 5.78. The summed E-state index contributed by atoms with van der Waals surface area (Å²) >= 11 is 0. The average Bonchev–Trinajstić information content (AvgIpc) is 2.36. The van der Waals surface area contributed by atoms with Crippen LogP contribution in [0, 0.1) is 6.92 Å². The lowest BCUT2D eigenvalue weighted by Crippen LogP contribution is -2.39. The van der Waals surface area contributed by atoms with Gasteiger partial charge in [0.1, 0.15) is 6.04 Å². The Morgan fingerprint density at radius 1 is 1.65 bits per heavy atom. The van der Waals surface area contributed by atoms with Gasteiger partial charge in [0.15, 0.2) is 0 Å². The normalized spacial score (nSPS) is 10.5. The minimum absolute atomic E-state index is 0.331. The molecule has 1 amide bonds. The summed E-state index contributed by atoms with van der Waals surface area (Å²) in [5.74, 6) is -0.658. The van der Waals surface area contributed by atoms with E-state index < -0.39 is 18.6 Å². The molecule has 6 nitrogen and oxygen atoms in total. The van der Waals surface area contributed by atoms with Gasteiger partial charge in [0.25, 0.3) is 0 Å². The predicted octanol–water partition coefficient (Wildman–Crippen LogP) is -0.344. The lowest BCUT2D eigenvalue weighted by atomic mass is 10.3. The molecule has 17 heavy (non-hydrogen) atoms. The van der Waals surface area contributed by atoms with Crippen molar-refractivity contribution in [2.24, 2.45) is 0 Å². The maximum absolute atomic E-state index is 10.5. The molecule has 0 radical (unpaired) electrons. The molecular weight excluding hydrogens is 224 g/mol. The lowest BCUT2D eigenvalue weighted by Gasteiger charge is -2.08. The molecule has 0 aliphatic carbocycles. The Labute approximate surface area is 99.6 Å². The van der Waals surface area contributed by atoms with E-state index in [1.807, 2.05) is 25.1 Å². The van der Waals surface area contributed by atoms with Crippen LogP contribution in [0.5, 0.6) is 0 Å². The molecule has 1 heterocycles. The number of ether oxygens (including phenoxy) is 1. The standard InChI is InChI=1S/C6H7N.C5H9NO4/c1-6-4-2-3-5-7-6;1-10-5(9)4(2-7)6-3-8/h2-5H,1H3;3-4,7H,2H2,1H3,(H,6,8). The number of aryl methyl sites for hydroxylation is 1. The molecule has 0 aliphatic heterocycles. The first-order chi connectivity index (χ1) is 8.15. The minimum Gasteiger partial charge on any atom is -0.467 e. The van der Waals surface area contributed by atoms with Crippen molar-refractivity contribution in [3.05, 3.63) is 30.1 Å². The highest BCUT2D eigenvalue weighted by Gasteiger charge is 2.15. The molecule has 6 heteroatoms. The fourth-order valence-electron chi connectivity index (χ4n) is 0.868. The number of amides is 1. The van der Waals surface area contributed by atoms with E-state index in [9.17, 15) is 9.59 Å². The van der Waals surface area contributed by atoms with Crippen molar-refractivity contribution in [3.8, 4) is 0 Å². The monoisotopic (exact) mass is 240 g/mol. The van der Waals surface area contributed by atoms with Crippen LogP contribution in [0.3, 0.4) is 0 Å². The number of pyridine rings is 1. The van der Waals surface area contributed by atoms with Crippen molar-refractivity contribution < 1.29 is 19.4 Å². The summed E-state index contributed by atoms with van der Waals surface area (Å²) in [5.41, 5.74) is 1.07. The number of aromatic nitrogens is 1. The number of hydrogen-bond acceptors (Lipinski definition) is 5. The maximum atomic E-state index is 10.5. The van der Waals surface area contributed by atoms with E-state index in [2.05, 4.69) is 15.0 Å². The Kier molecular flexibility index (Phi) is 8.22. The molecule has 0 aliphatic rings. The molecule has 0 aromatic carbocycles. The Morgan fingerprint density at radius 2 is 2.35 bits per heavy atom. The van der Waals surface area contributed by atoms with Crippen molar-refractivity contribution in [2.45, 2.75) is 13.0 Å². The van der Waals surface area contributed by atoms with E-state index in [1.54, 1.807) is 6.20 Å². The molecule has 0 saturated carbocycles. The number of nitrogens with zero attached hydrogens (tertiary/aromatic N) is 1. The highest BCUT2D eigenvalue weighted by Crippen LogP contribution is 1.86. The number of aliphatic hydroxyl groups is 1. The van der Waals surface area contributed by atoms with Gasteiger partial charge < -0.3 is 15.2 Å². The number of rotatable bonds is 4. The van der Waals surface area contributed by atoms with Crippen LogP contribution in [0.15, 0.2) is 24.4 Å². The Balaban J connectivity index is 0.000000318. The molecule has 1 rings (SSSR count). The predicted molar refractivity (Wildman–Crippen MR) is 61.1 cm³/mol. The molecule has 1 aromatic heterocycles. The zero-order valence-electron chi connectivity index (χ0n) is 9.79. The Hall–Kier alpha value is -1.95. The summed E-state index contributed by atoms with van der Waals surface area (Å²) < 4.78 is 4.24. The van der Waals surface area contributed by atoms with E-state index >= 15 is 0 Å². The van der Waals surface area contributed by atoms with Crippen LogP contribution in [0.2, 0.25) is 0 Å². The zero-order chi connectivity index (χ0) is 13.1. The Bertz CT molecular complexity index is 330. The van der Waals surface area contributed by atoms with Gasteiger partial charge in [0, 0.05) is 11.9 Å². The average molecular weight is 240 g/mol. The first kappa shape index (κ1) is 15.0. The number of nitrogens with one attached hydrogen (secondary N) is 1. The van der Waals surface area contributed by atoms with E-state index in [0.29, 0.717) is 6.41 Å². The number of esters is 1. The molecule has 94 valence electrons. The topological polar surface area (TPSA) is 88.5 Å². The number of methoxy groups -OCH3 is 1. The Morgan fingerprint density at radius 3 is 2.65 bits per heavy atom. The van der Waals surface area contributed by atoms with Crippen LogP contribution >= 0.6 is 0 Å². The molecule has 2 N–H and O–H groups in total. The van der Waals surface area contributed by atoms with Crippen LogP contribution in [0.1, 0.15) is 5.69 Å². The van der Waals surface area contributed by atoms with Gasteiger partial charge in [-0.15, -0.1) is 0 Å². The fraction of sp³-hybridized carbons (Fsp3) is 0.364. The third-order valence-corrected chi connectivity index (χ3v) is 1.75. The van der Waals surface area contributed by atoms with Gasteiger partial charge in [-0.3, -0.25) is 9.78 Å². The molecule has 0 saturated heterocycles. The van der Waals surface area contributed by atoms with E-state index in [-0.39, 0.29) is 0 Å². The zero-order valence-corrected chi connectivity index (χ0v) is 9.79. The summed E-state index contributed by atoms with van der Waals surface area (Å²) in [4.78, 5) is 24.3. The second-order valence-corrected chi connectivity index (χ2v) is 3.01. The summed E-state index contributed by atoms with van der Waals surface area (Å²) in [6.07, 6.45) is 2.12. The third-order valence-electron chi connectivity index (χ3n) is 1.75. The maximum Gasteiger partial charge on any atom is 0.330 e. The van der Waals surface area contributed by atoms with Crippen molar-refractivity contribution >= 4 is 12.4 Å². The minimum atomic E-state index is -0.942. The van der Waals surface area contributed by atoms with Gasteiger partial charge in [0.2, 0.25) is 6.41 Å². The first-order valence-electron chi connectivity index (χ1n) is 4.91. The van der Waals surface area contributed by atoms with Crippen molar-refractivity contribution in [1.29, 1.82) is 0 Å². The third kappa shape index (κ3) is 7.02. The van der Waals surface area contributed by atoms with Gasteiger partial charge in [-0.05, 0) is 19.1 Å². The van der Waals surface area contributed by atoms with Gasteiger partial charge in [0.05, 0.1) is 13.7 Å². The molecule has 0 bridgehead atoms. The highest BCUT2D eigenvalue weighted by atomic mass is 16.5.